The van der Waals surface area contributed by atoms with E-state index in [1.54, 1.807) is 0 Å². The van der Waals surface area contributed by atoms with Gasteiger partial charge in [0, 0.05) is 24.8 Å². The van der Waals surface area contributed by atoms with Gasteiger partial charge in [-0.25, -0.2) is 17.5 Å². The molecule has 2 aromatic rings. The molecule has 0 aliphatic carbocycles. The highest BCUT2D eigenvalue weighted by atomic mass is 32.2. The van der Waals surface area contributed by atoms with Gasteiger partial charge >= 0.3 is 0 Å². The molecule has 0 amide bonds. The Hall–Kier alpha value is -2.12. The molecule has 3 rings (SSSR count). The maximum Gasteiger partial charge on any atom is 0.240 e. The Labute approximate surface area is 147 Å². The second-order valence-electron chi connectivity index (χ2n) is 5.97. The first kappa shape index (κ1) is 17.7. The summed E-state index contributed by atoms with van der Waals surface area (Å²) in [6.07, 6.45) is 1.92. The highest BCUT2D eigenvalue weighted by molar-refractivity contribution is 7.89. The quantitative estimate of drug-likeness (QED) is 0.856. The highest BCUT2D eigenvalue weighted by Crippen LogP contribution is 2.25. The van der Waals surface area contributed by atoms with E-state index in [0.717, 1.165) is 31.1 Å². The van der Waals surface area contributed by atoms with E-state index >= 15 is 0 Å². The fourth-order valence-electron chi connectivity index (χ4n) is 3.11. The number of para-hydroxylation sites is 1. The Bertz CT molecular complexity index is 827. The molecule has 1 unspecified atom stereocenters. The number of anilines is 1. The zero-order valence-electron chi connectivity index (χ0n) is 14.0. The summed E-state index contributed by atoms with van der Waals surface area (Å²) in [5, 5.41) is 0. The second kappa shape index (κ2) is 7.41. The van der Waals surface area contributed by atoms with Crippen LogP contribution in [0.2, 0.25) is 0 Å². The van der Waals surface area contributed by atoms with Crippen molar-refractivity contribution in [1.82, 2.24) is 4.72 Å². The van der Waals surface area contributed by atoms with Crippen molar-refractivity contribution in [2.24, 2.45) is 0 Å². The summed E-state index contributed by atoms with van der Waals surface area (Å²) in [5.41, 5.74) is 1.08. The molecule has 2 aromatic carbocycles. The Balaban J connectivity index is 1.70. The van der Waals surface area contributed by atoms with Gasteiger partial charge in [0.05, 0.1) is 12.0 Å². The predicted octanol–water partition coefficient (Wildman–Crippen LogP) is 2.78. The standard InChI is InChI=1S/C18H21FN2O3S/c1-24-18-10-9-16(12-17(18)19)25(22,23)20-13-15-8-5-11-21(15)14-6-3-2-4-7-14/h2-4,6-7,9-10,12,15,20H,5,8,11,13H2,1H3. The SMILES string of the molecule is COc1ccc(S(=O)(=O)NCC2CCCN2c2ccccc2)cc1F. The summed E-state index contributed by atoms with van der Waals surface area (Å²) in [6, 6.07) is 13.6. The first-order valence-corrected chi connectivity index (χ1v) is 9.64. The summed E-state index contributed by atoms with van der Waals surface area (Å²) in [7, 11) is -2.44. The average molecular weight is 364 g/mol. The van der Waals surface area contributed by atoms with Gasteiger partial charge in [-0.05, 0) is 43.2 Å². The summed E-state index contributed by atoms with van der Waals surface area (Å²) in [4.78, 5) is 2.10. The van der Waals surface area contributed by atoms with E-state index in [-0.39, 0.29) is 23.2 Å². The molecule has 1 aliphatic heterocycles. The summed E-state index contributed by atoms with van der Waals surface area (Å²) >= 11 is 0. The minimum atomic E-state index is -3.77. The normalized spacial score (nSPS) is 17.7. The van der Waals surface area contributed by atoms with Gasteiger partial charge in [0.25, 0.3) is 0 Å². The van der Waals surface area contributed by atoms with Crippen molar-refractivity contribution < 1.29 is 17.5 Å². The largest absolute Gasteiger partial charge is 0.494 e. The molecular weight excluding hydrogens is 343 g/mol. The molecule has 1 atom stereocenters. The average Bonchev–Trinajstić information content (AvgIpc) is 3.09. The van der Waals surface area contributed by atoms with Crippen molar-refractivity contribution in [1.29, 1.82) is 0 Å². The molecule has 0 saturated carbocycles. The van der Waals surface area contributed by atoms with Crippen LogP contribution in [-0.2, 0) is 10.0 Å². The molecule has 0 spiro atoms. The molecular formula is C18H21FN2O3S. The first-order valence-electron chi connectivity index (χ1n) is 8.16. The van der Waals surface area contributed by atoms with Gasteiger partial charge in [0.2, 0.25) is 10.0 Å². The molecule has 1 fully saturated rings. The van der Waals surface area contributed by atoms with Gasteiger partial charge in [-0.15, -0.1) is 0 Å². The van der Waals surface area contributed by atoms with Crippen LogP contribution < -0.4 is 14.4 Å². The Kier molecular flexibility index (Phi) is 5.24. The van der Waals surface area contributed by atoms with Crippen molar-refractivity contribution in [3.05, 3.63) is 54.3 Å². The van der Waals surface area contributed by atoms with Crippen molar-refractivity contribution in [3.8, 4) is 5.75 Å². The molecule has 1 heterocycles. The lowest BCUT2D eigenvalue weighted by Gasteiger charge is -2.27. The predicted molar refractivity (Wildman–Crippen MR) is 95.0 cm³/mol. The van der Waals surface area contributed by atoms with Crippen LogP contribution in [0.1, 0.15) is 12.8 Å². The summed E-state index contributed by atoms with van der Waals surface area (Å²) in [6.45, 7) is 1.18. The van der Waals surface area contributed by atoms with Crippen LogP contribution in [0.15, 0.2) is 53.4 Å². The van der Waals surface area contributed by atoms with Crippen molar-refractivity contribution in [2.45, 2.75) is 23.8 Å². The molecule has 1 aliphatic rings. The minimum absolute atomic E-state index is 0.0185. The summed E-state index contributed by atoms with van der Waals surface area (Å²) < 4.78 is 46.1. The molecule has 7 heteroatoms. The number of hydrogen-bond donors (Lipinski definition) is 1. The van der Waals surface area contributed by atoms with E-state index in [1.807, 2.05) is 30.3 Å². The van der Waals surface area contributed by atoms with Crippen LogP contribution in [0.3, 0.4) is 0 Å². The summed E-state index contributed by atoms with van der Waals surface area (Å²) in [5.74, 6) is -0.679. The molecule has 134 valence electrons. The lowest BCUT2D eigenvalue weighted by atomic mass is 10.2. The molecule has 1 saturated heterocycles. The van der Waals surface area contributed by atoms with E-state index in [1.165, 1.54) is 19.2 Å². The number of benzene rings is 2. The Morgan fingerprint density at radius 3 is 2.68 bits per heavy atom. The lowest BCUT2D eigenvalue weighted by Crippen LogP contribution is -2.40. The van der Waals surface area contributed by atoms with Crippen molar-refractivity contribution in [2.75, 3.05) is 25.1 Å². The zero-order valence-corrected chi connectivity index (χ0v) is 14.8. The lowest BCUT2D eigenvalue weighted by molar-refractivity contribution is 0.385. The third-order valence-corrected chi connectivity index (χ3v) is 5.83. The number of rotatable bonds is 6. The van der Waals surface area contributed by atoms with Gasteiger partial charge in [0.15, 0.2) is 11.6 Å². The number of sulfonamides is 1. The number of nitrogens with one attached hydrogen (secondary N) is 1. The fraction of sp³-hybridized carbons (Fsp3) is 0.333. The Morgan fingerprint density at radius 2 is 2.00 bits per heavy atom. The molecule has 1 N–H and O–H groups in total. The molecule has 0 radical (unpaired) electrons. The number of halogens is 1. The first-order chi connectivity index (χ1) is 12.0. The number of nitrogens with zero attached hydrogens (tertiary/aromatic N) is 1. The van der Waals surface area contributed by atoms with Gasteiger partial charge in [0.1, 0.15) is 0 Å². The monoisotopic (exact) mass is 364 g/mol. The number of methoxy groups -OCH3 is 1. The van der Waals surface area contributed by atoms with E-state index in [2.05, 4.69) is 9.62 Å². The molecule has 5 nitrogen and oxygen atoms in total. The van der Waals surface area contributed by atoms with E-state index in [4.69, 9.17) is 4.74 Å². The molecule has 0 bridgehead atoms. The van der Waals surface area contributed by atoms with E-state index in [0.29, 0.717) is 0 Å². The topological polar surface area (TPSA) is 58.6 Å². The Morgan fingerprint density at radius 1 is 1.24 bits per heavy atom. The van der Waals surface area contributed by atoms with Crippen LogP contribution in [0.25, 0.3) is 0 Å². The van der Waals surface area contributed by atoms with Crippen LogP contribution in [-0.4, -0.2) is 34.7 Å². The van der Waals surface area contributed by atoms with Crippen molar-refractivity contribution in [3.63, 3.8) is 0 Å². The van der Waals surface area contributed by atoms with Crippen LogP contribution in [0, 0.1) is 5.82 Å². The smallest absolute Gasteiger partial charge is 0.240 e. The number of ether oxygens (including phenoxy) is 1. The minimum Gasteiger partial charge on any atom is -0.494 e. The third kappa shape index (κ3) is 3.93. The highest BCUT2D eigenvalue weighted by Gasteiger charge is 2.26. The van der Waals surface area contributed by atoms with Gasteiger partial charge in [-0.2, -0.15) is 0 Å². The van der Waals surface area contributed by atoms with Gasteiger partial charge in [-0.3, -0.25) is 0 Å². The maximum atomic E-state index is 13.8. The maximum absolute atomic E-state index is 13.8. The van der Waals surface area contributed by atoms with Crippen LogP contribution in [0.5, 0.6) is 5.75 Å². The van der Waals surface area contributed by atoms with Gasteiger partial charge < -0.3 is 9.64 Å². The van der Waals surface area contributed by atoms with Gasteiger partial charge in [-0.1, -0.05) is 18.2 Å². The third-order valence-electron chi connectivity index (χ3n) is 4.41. The van der Waals surface area contributed by atoms with E-state index in [9.17, 15) is 12.8 Å². The molecule has 25 heavy (non-hydrogen) atoms. The van der Waals surface area contributed by atoms with Crippen LogP contribution >= 0.6 is 0 Å². The molecule has 0 aromatic heterocycles. The number of hydrogen-bond acceptors (Lipinski definition) is 4. The van der Waals surface area contributed by atoms with Crippen LogP contribution in [0.4, 0.5) is 10.1 Å². The van der Waals surface area contributed by atoms with Crippen molar-refractivity contribution >= 4 is 15.7 Å². The zero-order chi connectivity index (χ0) is 17.9. The second-order valence-corrected chi connectivity index (χ2v) is 7.74. The van der Waals surface area contributed by atoms with E-state index < -0.39 is 15.8 Å². The fourth-order valence-corrected chi connectivity index (χ4v) is 4.20.